The van der Waals surface area contributed by atoms with Crippen LogP contribution in [0.5, 0.6) is 11.5 Å². The summed E-state index contributed by atoms with van der Waals surface area (Å²) in [6.45, 7) is 4.24. The largest absolute Gasteiger partial charge is 0.486 e. The summed E-state index contributed by atoms with van der Waals surface area (Å²) in [5.74, 6) is 1.45. The van der Waals surface area contributed by atoms with E-state index in [2.05, 4.69) is 12.2 Å². The van der Waals surface area contributed by atoms with Gasteiger partial charge in [-0.25, -0.2) is 0 Å². The molecule has 0 aromatic heterocycles. The monoisotopic (exact) mass is 253 g/mol. The molecule has 0 radical (unpaired) electrons. The average molecular weight is 254 g/mol. The fourth-order valence-corrected chi connectivity index (χ4v) is 2.23. The summed E-state index contributed by atoms with van der Waals surface area (Å²) in [6, 6.07) is 3.97. The molecule has 1 aromatic carbocycles. The molecule has 1 N–H and O–H groups in total. The number of hydrogen-bond acceptors (Lipinski definition) is 3. The minimum Gasteiger partial charge on any atom is -0.486 e. The summed E-state index contributed by atoms with van der Waals surface area (Å²) < 4.78 is 11.0. The first-order valence-electron chi connectivity index (χ1n) is 5.99. The minimum atomic E-state index is 0.333. The van der Waals surface area contributed by atoms with Crippen LogP contribution in [-0.4, -0.2) is 18.8 Å². The van der Waals surface area contributed by atoms with Crippen molar-refractivity contribution in [1.82, 2.24) is 5.32 Å². The van der Waals surface area contributed by atoms with Crippen LogP contribution in [0.2, 0.25) is 5.02 Å². The lowest BCUT2D eigenvalue weighted by atomic mass is 10.1. The van der Waals surface area contributed by atoms with Gasteiger partial charge in [0.15, 0.2) is 11.5 Å². The highest BCUT2D eigenvalue weighted by Gasteiger charge is 2.36. The van der Waals surface area contributed by atoms with Gasteiger partial charge in [0, 0.05) is 12.1 Å². The zero-order valence-corrected chi connectivity index (χ0v) is 10.6. The smallest absolute Gasteiger partial charge is 0.179 e. The molecule has 3 nitrogen and oxygen atoms in total. The molecule has 0 bridgehead atoms. The lowest BCUT2D eigenvalue weighted by molar-refractivity contribution is 0.171. The quantitative estimate of drug-likeness (QED) is 0.899. The Balaban J connectivity index is 1.78. The molecule has 1 saturated carbocycles. The van der Waals surface area contributed by atoms with Gasteiger partial charge in [-0.15, -0.1) is 0 Å². The van der Waals surface area contributed by atoms with Crippen LogP contribution in [0.4, 0.5) is 0 Å². The SMILES string of the molecule is CC1(NCc2cc(Cl)c3c(c2)OCCO3)CC1. The number of halogens is 1. The molecule has 0 saturated heterocycles. The molecule has 1 aliphatic carbocycles. The lowest BCUT2D eigenvalue weighted by Gasteiger charge is -2.21. The number of hydrogen-bond donors (Lipinski definition) is 1. The summed E-state index contributed by atoms with van der Waals surface area (Å²) in [5.41, 5.74) is 1.48. The third-order valence-electron chi connectivity index (χ3n) is 3.38. The molecule has 1 fully saturated rings. The van der Waals surface area contributed by atoms with Crippen molar-refractivity contribution in [2.75, 3.05) is 13.2 Å². The number of benzene rings is 1. The zero-order valence-electron chi connectivity index (χ0n) is 9.88. The van der Waals surface area contributed by atoms with Gasteiger partial charge in [0.2, 0.25) is 0 Å². The van der Waals surface area contributed by atoms with Gasteiger partial charge in [0.1, 0.15) is 13.2 Å². The highest BCUT2D eigenvalue weighted by Crippen LogP contribution is 2.39. The molecule has 0 spiro atoms. The summed E-state index contributed by atoms with van der Waals surface area (Å²) in [4.78, 5) is 0. The minimum absolute atomic E-state index is 0.333. The van der Waals surface area contributed by atoms with Crippen molar-refractivity contribution in [2.45, 2.75) is 31.8 Å². The van der Waals surface area contributed by atoms with Crippen LogP contribution < -0.4 is 14.8 Å². The highest BCUT2D eigenvalue weighted by molar-refractivity contribution is 6.32. The molecule has 0 amide bonds. The van der Waals surface area contributed by atoms with Crippen LogP contribution in [0.1, 0.15) is 25.3 Å². The second kappa shape index (κ2) is 4.07. The second-order valence-corrected chi connectivity index (χ2v) is 5.42. The maximum atomic E-state index is 6.18. The van der Waals surface area contributed by atoms with E-state index in [1.165, 1.54) is 12.8 Å². The van der Waals surface area contributed by atoms with E-state index in [1.807, 2.05) is 12.1 Å². The summed E-state index contributed by atoms with van der Waals surface area (Å²) in [6.07, 6.45) is 2.51. The Morgan fingerprint density at radius 2 is 2.06 bits per heavy atom. The fourth-order valence-electron chi connectivity index (χ4n) is 1.95. The zero-order chi connectivity index (χ0) is 11.9. The molecule has 17 heavy (non-hydrogen) atoms. The van der Waals surface area contributed by atoms with E-state index in [0.29, 0.717) is 29.5 Å². The first-order chi connectivity index (χ1) is 8.16. The Morgan fingerprint density at radius 1 is 1.29 bits per heavy atom. The molecule has 4 heteroatoms. The summed E-state index contributed by atoms with van der Waals surface area (Å²) in [5, 5.41) is 4.17. The predicted molar refractivity (Wildman–Crippen MR) is 66.9 cm³/mol. The maximum absolute atomic E-state index is 6.18. The van der Waals surface area contributed by atoms with Crippen LogP contribution in [-0.2, 0) is 6.54 Å². The van der Waals surface area contributed by atoms with Crippen molar-refractivity contribution in [3.05, 3.63) is 22.7 Å². The van der Waals surface area contributed by atoms with Gasteiger partial charge in [0.25, 0.3) is 0 Å². The molecule has 2 aliphatic rings. The number of nitrogens with one attached hydrogen (secondary N) is 1. The Labute approximate surface area is 106 Å². The lowest BCUT2D eigenvalue weighted by Crippen LogP contribution is -2.27. The predicted octanol–water partition coefficient (Wildman–Crippen LogP) is 2.75. The third-order valence-corrected chi connectivity index (χ3v) is 3.66. The molecule has 1 heterocycles. The number of ether oxygens (including phenoxy) is 2. The van der Waals surface area contributed by atoms with E-state index in [0.717, 1.165) is 17.9 Å². The van der Waals surface area contributed by atoms with Gasteiger partial charge >= 0.3 is 0 Å². The van der Waals surface area contributed by atoms with Gasteiger partial charge in [-0.05, 0) is 37.5 Å². The Morgan fingerprint density at radius 3 is 2.82 bits per heavy atom. The van der Waals surface area contributed by atoms with Crippen LogP contribution in [0, 0.1) is 0 Å². The standard InChI is InChI=1S/C13H16ClNO2/c1-13(2-3-13)15-8-9-6-10(14)12-11(7-9)16-4-5-17-12/h6-7,15H,2-5,8H2,1H3. The van der Waals surface area contributed by atoms with E-state index in [9.17, 15) is 0 Å². The molecule has 1 aromatic rings. The molecular weight excluding hydrogens is 238 g/mol. The second-order valence-electron chi connectivity index (χ2n) is 5.02. The van der Waals surface area contributed by atoms with Crippen molar-refractivity contribution in [3.8, 4) is 11.5 Å². The van der Waals surface area contributed by atoms with E-state index < -0.39 is 0 Å². The van der Waals surface area contributed by atoms with E-state index in [4.69, 9.17) is 21.1 Å². The van der Waals surface area contributed by atoms with Crippen LogP contribution >= 0.6 is 11.6 Å². The van der Waals surface area contributed by atoms with Gasteiger partial charge in [-0.1, -0.05) is 11.6 Å². The normalized spacial score (nSPS) is 20.1. The Bertz CT molecular complexity index is 443. The van der Waals surface area contributed by atoms with Crippen molar-refractivity contribution < 1.29 is 9.47 Å². The first kappa shape index (κ1) is 11.2. The molecule has 0 atom stereocenters. The van der Waals surface area contributed by atoms with E-state index in [-0.39, 0.29) is 0 Å². The molecular formula is C13H16ClNO2. The highest BCUT2D eigenvalue weighted by atomic mass is 35.5. The fraction of sp³-hybridized carbons (Fsp3) is 0.538. The summed E-state index contributed by atoms with van der Waals surface area (Å²) in [7, 11) is 0. The molecule has 92 valence electrons. The molecule has 3 rings (SSSR count). The van der Waals surface area contributed by atoms with Gasteiger partial charge in [0.05, 0.1) is 5.02 Å². The average Bonchev–Trinajstić information content (AvgIpc) is 3.06. The van der Waals surface area contributed by atoms with Crippen LogP contribution in [0.15, 0.2) is 12.1 Å². The van der Waals surface area contributed by atoms with Crippen molar-refractivity contribution >= 4 is 11.6 Å². The number of rotatable bonds is 3. The van der Waals surface area contributed by atoms with Gasteiger partial charge in [-0.3, -0.25) is 0 Å². The maximum Gasteiger partial charge on any atom is 0.179 e. The first-order valence-corrected chi connectivity index (χ1v) is 6.37. The van der Waals surface area contributed by atoms with Crippen molar-refractivity contribution in [2.24, 2.45) is 0 Å². The molecule has 1 aliphatic heterocycles. The number of fused-ring (bicyclic) bond motifs is 1. The third kappa shape index (κ3) is 2.35. The van der Waals surface area contributed by atoms with Crippen molar-refractivity contribution in [3.63, 3.8) is 0 Å². The Hall–Kier alpha value is -0.930. The van der Waals surface area contributed by atoms with Crippen LogP contribution in [0.3, 0.4) is 0 Å². The summed E-state index contributed by atoms with van der Waals surface area (Å²) >= 11 is 6.18. The van der Waals surface area contributed by atoms with Crippen molar-refractivity contribution in [1.29, 1.82) is 0 Å². The molecule has 0 unspecified atom stereocenters. The topological polar surface area (TPSA) is 30.5 Å². The van der Waals surface area contributed by atoms with E-state index >= 15 is 0 Å². The Kier molecular flexibility index (Phi) is 2.68. The van der Waals surface area contributed by atoms with Gasteiger partial charge < -0.3 is 14.8 Å². The van der Waals surface area contributed by atoms with Gasteiger partial charge in [-0.2, -0.15) is 0 Å². The van der Waals surface area contributed by atoms with E-state index in [1.54, 1.807) is 0 Å². The van der Waals surface area contributed by atoms with Crippen LogP contribution in [0.25, 0.3) is 0 Å².